The first kappa shape index (κ1) is 15.3. The summed E-state index contributed by atoms with van der Waals surface area (Å²) in [6, 6.07) is 6.68. The molecule has 1 amide bonds. The molecule has 24 heavy (non-hydrogen) atoms. The molecule has 2 heterocycles. The van der Waals surface area contributed by atoms with Gasteiger partial charge in [0, 0.05) is 24.6 Å². The van der Waals surface area contributed by atoms with Gasteiger partial charge in [0.25, 0.3) is 10.0 Å². The number of hydrogen-bond acceptors (Lipinski definition) is 5. The lowest BCUT2D eigenvalue weighted by atomic mass is 10.2. The van der Waals surface area contributed by atoms with Crippen LogP contribution in [0.15, 0.2) is 29.2 Å². The van der Waals surface area contributed by atoms with E-state index in [9.17, 15) is 13.2 Å². The number of aromatic nitrogens is 2. The fourth-order valence-electron chi connectivity index (χ4n) is 2.84. The van der Waals surface area contributed by atoms with E-state index in [-0.39, 0.29) is 22.5 Å². The zero-order valence-corrected chi connectivity index (χ0v) is 14.1. The van der Waals surface area contributed by atoms with Crippen molar-refractivity contribution < 1.29 is 13.2 Å². The van der Waals surface area contributed by atoms with E-state index in [2.05, 4.69) is 15.7 Å². The highest BCUT2D eigenvalue weighted by Crippen LogP contribution is 2.33. The molecule has 2 aliphatic rings. The molecule has 2 aromatic rings. The van der Waals surface area contributed by atoms with Gasteiger partial charge in [0.1, 0.15) is 0 Å². The topological polar surface area (TPSA) is 93.1 Å². The highest BCUT2D eigenvalue weighted by molar-refractivity contribution is 7.90. The summed E-state index contributed by atoms with van der Waals surface area (Å²) < 4.78 is 27.0. The largest absolute Gasteiger partial charge is 0.309 e. The van der Waals surface area contributed by atoms with E-state index in [1.165, 1.54) is 0 Å². The Bertz CT molecular complexity index is 929. The highest BCUT2D eigenvalue weighted by Gasteiger charge is 2.34. The first-order valence-corrected chi connectivity index (χ1v) is 9.35. The molecule has 1 aliphatic heterocycles. The minimum atomic E-state index is -3.86. The summed E-state index contributed by atoms with van der Waals surface area (Å²) in [5, 5.41) is 10.2. The number of benzene rings is 1. The number of nitrogens with one attached hydrogen (secondary N) is 2. The Labute approximate surface area is 140 Å². The van der Waals surface area contributed by atoms with Crippen LogP contribution < -0.4 is 10.6 Å². The second-order valence-corrected chi connectivity index (χ2v) is 8.07. The third-order valence-electron chi connectivity index (χ3n) is 4.34. The van der Waals surface area contributed by atoms with Gasteiger partial charge in [-0.2, -0.15) is 13.5 Å². The fraction of sp³-hybridized carbons (Fsp3) is 0.375. The zero-order chi connectivity index (χ0) is 16.9. The molecule has 1 fully saturated rings. The van der Waals surface area contributed by atoms with Gasteiger partial charge in [-0.3, -0.25) is 4.79 Å². The molecule has 0 unspecified atom stereocenters. The summed E-state index contributed by atoms with van der Waals surface area (Å²) in [4.78, 5) is 12.3. The molecule has 1 aromatic carbocycles. The molecule has 0 atom stereocenters. The monoisotopic (exact) mass is 346 g/mol. The Kier molecular flexibility index (Phi) is 3.47. The van der Waals surface area contributed by atoms with E-state index in [0.29, 0.717) is 18.8 Å². The summed E-state index contributed by atoms with van der Waals surface area (Å²) in [6.45, 7) is 2.83. The van der Waals surface area contributed by atoms with Crippen LogP contribution in [0, 0.1) is 12.8 Å². The number of amides is 1. The molecule has 1 aromatic heterocycles. The summed E-state index contributed by atoms with van der Waals surface area (Å²) in [7, 11) is -3.86. The Balaban J connectivity index is 1.81. The molecule has 126 valence electrons. The number of hydrogen-bond donors (Lipinski definition) is 2. The number of carbonyl (C=O) groups is 1. The Morgan fingerprint density at radius 2 is 2.12 bits per heavy atom. The minimum absolute atomic E-state index is 0.0139. The minimum Gasteiger partial charge on any atom is -0.309 e. The molecule has 4 rings (SSSR count). The lowest BCUT2D eigenvalue weighted by Crippen LogP contribution is -2.23. The van der Waals surface area contributed by atoms with Crippen LogP contribution in [-0.4, -0.2) is 23.5 Å². The second-order valence-electron chi connectivity index (χ2n) is 6.31. The van der Waals surface area contributed by atoms with Crippen molar-refractivity contribution in [2.45, 2.75) is 37.8 Å². The average molecular weight is 346 g/mol. The predicted molar refractivity (Wildman–Crippen MR) is 87.9 cm³/mol. The second kappa shape index (κ2) is 5.42. The van der Waals surface area contributed by atoms with Gasteiger partial charge in [-0.1, -0.05) is 12.1 Å². The van der Waals surface area contributed by atoms with Crippen LogP contribution in [0.3, 0.4) is 0 Å². The van der Waals surface area contributed by atoms with E-state index in [4.69, 9.17) is 0 Å². The molecule has 0 bridgehead atoms. The van der Waals surface area contributed by atoms with Crippen LogP contribution in [0.2, 0.25) is 0 Å². The normalized spacial score (nSPS) is 16.9. The predicted octanol–water partition coefficient (Wildman–Crippen LogP) is 1.38. The van der Waals surface area contributed by atoms with Crippen LogP contribution in [-0.2, 0) is 27.9 Å². The summed E-state index contributed by atoms with van der Waals surface area (Å²) >= 11 is 0. The maximum Gasteiger partial charge on any atom is 0.284 e. The standard InChI is InChI=1S/C16H18N4O3S/c1-10-3-2-4-12(7-10)24(22,23)20-15(18-16(21)11-5-6-11)13-8-17-9-14(13)19-20/h2-4,7,11,17H,5-6,8-9H2,1H3,(H,18,21). The summed E-state index contributed by atoms with van der Waals surface area (Å²) in [5.74, 6) is 0.124. The van der Waals surface area contributed by atoms with Gasteiger partial charge in [0.2, 0.25) is 5.91 Å². The van der Waals surface area contributed by atoms with E-state index in [1.807, 2.05) is 13.0 Å². The van der Waals surface area contributed by atoms with Crippen LogP contribution in [0.5, 0.6) is 0 Å². The van der Waals surface area contributed by atoms with Gasteiger partial charge in [0.15, 0.2) is 5.82 Å². The zero-order valence-electron chi connectivity index (χ0n) is 13.2. The van der Waals surface area contributed by atoms with Gasteiger partial charge < -0.3 is 10.6 Å². The number of nitrogens with zero attached hydrogens (tertiary/aromatic N) is 2. The molecule has 0 saturated heterocycles. The van der Waals surface area contributed by atoms with Gasteiger partial charge in [-0.05, 0) is 37.5 Å². The van der Waals surface area contributed by atoms with Gasteiger partial charge in [0.05, 0.1) is 10.6 Å². The summed E-state index contributed by atoms with van der Waals surface area (Å²) in [6.07, 6.45) is 1.70. The molecular formula is C16H18N4O3S. The van der Waals surface area contributed by atoms with Crippen molar-refractivity contribution in [1.82, 2.24) is 14.5 Å². The number of rotatable bonds is 4. The molecule has 0 radical (unpaired) electrons. The van der Waals surface area contributed by atoms with Crippen LogP contribution in [0.4, 0.5) is 5.82 Å². The van der Waals surface area contributed by atoms with Crippen LogP contribution in [0.25, 0.3) is 0 Å². The van der Waals surface area contributed by atoms with Crippen molar-refractivity contribution in [3.05, 3.63) is 41.1 Å². The van der Waals surface area contributed by atoms with Gasteiger partial charge in [-0.25, -0.2) is 0 Å². The quantitative estimate of drug-likeness (QED) is 0.872. The van der Waals surface area contributed by atoms with Crippen LogP contribution in [0.1, 0.15) is 29.7 Å². The number of aryl methyl sites for hydroxylation is 1. The van der Waals surface area contributed by atoms with Gasteiger partial charge >= 0.3 is 0 Å². The molecule has 8 heteroatoms. The highest BCUT2D eigenvalue weighted by atomic mass is 32.2. The summed E-state index contributed by atoms with van der Waals surface area (Å²) in [5.41, 5.74) is 2.26. The molecule has 2 N–H and O–H groups in total. The van der Waals surface area contributed by atoms with E-state index in [0.717, 1.165) is 28.1 Å². The third-order valence-corrected chi connectivity index (χ3v) is 5.91. The first-order chi connectivity index (χ1) is 11.5. The van der Waals surface area contributed by atoms with Gasteiger partial charge in [-0.15, -0.1) is 4.09 Å². The first-order valence-electron chi connectivity index (χ1n) is 7.91. The fourth-order valence-corrected chi connectivity index (χ4v) is 4.23. The van der Waals surface area contributed by atoms with Crippen molar-refractivity contribution in [3.63, 3.8) is 0 Å². The van der Waals surface area contributed by atoms with E-state index in [1.54, 1.807) is 18.2 Å². The molecular weight excluding hydrogens is 328 g/mol. The SMILES string of the molecule is Cc1cccc(S(=O)(=O)n2nc3c(c2NC(=O)C2CC2)CNC3)c1. The molecule has 1 aliphatic carbocycles. The molecule has 7 nitrogen and oxygen atoms in total. The lowest BCUT2D eigenvalue weighted by Gasteiger charge is -2.12. The number of fused-ring (bicyclic) bond motifs is 1. The Morgan fingerprint density at radius 1 is 1.33 bits per heavy atom. The van der Waals surface area contributed by atoms with E-state index >= 15 is 0 Å². The Morgan fingerprint density at radius 3 is 2.83 bits per heavy atom. The molecule has 1 saturated carbocycles. The third kappa shape index (κ3) is 2.51. The van der Waals surface area contributed by atoms with Crippen molar-refractivity contribution in [2.75, 3.05) is 5.32 Å². The lowest BCUT2D eigenvalue weighted by molar-refractivity contribution is -0.117. The Hall–Kier alpha value is -2.19. The van der Waals surface area contributed by atoms with Crippen molar-refractivity contribution in [1.29, 1.82) is 0 Å². The molecule has 0 spiro atoms. The average Bonchev–Trinajstić information content (AvgIpc) is 3.20. The van der Waals surface area contributed by atoms with Crippen LogP contribution >= 0.6 is 0 Å². The van der Waals surface area contributed by atoms with Crippen molar-refractivity contribution in [2.24, 2.45) is 5.92 Å². The smallest absolute Gasteiger partial charge is 0.284 e. The maximum atomic E-state index is 13.0. The number of carbonyl (C=O) groups excluding carboxylic acids is 1. The number of anilines is 1. The van der Waals surface area contributed by atoms with E-state index < -0.39 is 10.0 Å². The van der Waals surface area contributed by atoms with Crippen molar-refractivity contribution >= 4 is 21.7 Å². The van der Waals surface area contributed by atoms with Crippen molar-refractivity contribution in [3.8, 4) is 0 Å². The maximum absolute atomic E-state index is 13.0.